The number of guanidine groups is 1. The van der Waals surface area contributed by atoms with Gasteiger partial charge in [0.2, 0.25) is 0 Å². The van der Waals surface area contributed by atoms with Crippen molar-refractivity contribution in [2.75, 3.05) is 7.05 Å². The molecular formula is C20H26N6S. The van der Waals surface area contributed by atoms with Gasteiger partial charge in [0, 0.05) is 35.9 Å². The molecule has 0 fully saturated rings. The fourth-order valence-electron chi connectivity index (χ4n) is 2.90. The van der Waals surface area contributed by atoms with Crippen molar-refractivity contribution in [1.82, 2.24) is 25.4 Å². The highest BCUT2D eigenvalue weighted by atomic mass is 32.1. The van der Waals surface area contributed by atoms with E-state index in [1.807, 2.05) is 36.0 Å². The van der Waals surface area contributed by atoms with Gasteiger partial charge in [-0.3, -0.25) is 4.99 Å². The predicted octanol–water partition coefficient (Wildman–Crippen LogP) is 3.37. The number of para-hydroxylation sites is 1. The summed E-state index contributed by atoms with van der Waals surface area (Å²) in [5.41, 5.74) is 4.41. The van der Waals surface area contributed by atoms with Crippen LogP contribution in [0, 0.1) is 13.8 Å². The van der Waals surface area contributed by atoms with Gasteiger partial charge in [-0.15, -0.1) is 11.3 Å². The number of hydrogen-bond donors (Lipinski definition) is 2. The van der Waals surface area contributed by atoms with E-state index in [4.69, 9.17) is 5.10 Å². The molecule has 3 rings (SSSR count). The monoisotopic (exact) mass is 382 g/mol. The number of hydrogen-bond acceptors (Lipinski definition) is 4. The molecule has 0 aliphatic carbocycles. The standard InChI is InChI=1S/C20H26N6S/c1-5-17-11-22-19(27-17)13-24-20(21-4)23-12-18-14(2)25-26(15(18)3)16-9-7-6-8-10-16/h6-11H,5,12-13H2,1-4H3,(H2,21,23,24). The molecule has 1 aromatic carbocycles. The molecule has 7 heteroatoms. The van der Waals surface area contributed by atoms with Crippen LogP contribution in [0.2, 0.25) is 0 Å². The van der Waals surface area contributed by atoms with Crippen molar-refractivity contribution in [3.8, 4) is 5.69 Å². The second-order valence-corrected chi connectivity index (χ2v) is 7.45. The van der Waals surface area contributed by atoms with Crippen molar-refractivity contribution in [2.24, 2.45) is 4.99 Å². The van der Waals surface area contributed by atoms with Crippen molar-refractivity contribution in [3.05, 3.63) is 63.4 Å². The van der Waals surface area contributed by atoms with Crippen molar-refractivity contribution < 1.29 is 0 Å². The molecule has 0 aliphatic rings. The zero-order chi connectivity index (χ0) is 19.2. The molecule has 0 aliphatic heterocycles. The number of aliphatic imine (C=N–C) groups is 1. The molecule has 2 heterocycles. The Morgan fingerprint density at radius 1 is 1.15 bits per heavy atom. The first kappa shape index (κ1) is 19.1. The van der Waals surface area contributed by atoms with Crippen LogP contribution in [0.5, 0.6) is 0 Å². The third-order valence-corrected chi connectivity index (χ3v) is 5.60. The van der Waals surface area contributed by atoms with E-state index in [1.165, 1.54) is 10.4 Å². The second-order valence-electron chi connectivity index (χ2n) is 6.25. The van der Waals surface area contributed by atoms with Gasteiger partial charge in [-0.05, 0) is 32.4 Å². The molecule has 0 radical (unpaired) electrons. The number of nitrogens with zero attached hydrogens (tertiary/aromatic N) is 4. The van der Waals surface area contributed by atoms with Crippen LogP contribution in [-0.4, -0.2) is 27.8 Å². The molecule has 0 atom stereocenters. The van der Waals surface area contributed by atoms with Crippen LogP contribution < -0.4 is 10.6 Å². The average molecular weight is 383 g/mol. The lowest BCUT2D eigenvalue weighted by molar-refractivity contribution is 0.797. The van der Waals surface area contributed by atoms with E-state index in [0.29, 0.717) is 13.1 Å². The number of benzene rings is 1. The zero-order valence-corrected chi connectivity index (χ0v) is 17.1. The first-order valence-electron chi connectivity index (χ1n) is 9.11. The first-order valence-corrected chi connectivity index (χ1v) is 9.92. The normalized spacial score (nSPS) is 11.6. The molecule has 3 aromatic rings. The Labute approximate surface area is 164 Å². The summed E-state index contributed by atoms with van der Waals surface area (Å²) in [6.45, 7) is 7.63. The van der Waals surface area contributed by atoms with Gasteiger partial charge in [0.1, 0.15) is 5.01 Å². The van der Waals surface area contributed by atoms with Crippen LogP contribution >= 0.6 is 11.3 Å². The molecular weight excluding hydrogens is 356 g/mol. The summed E-state index contributed by atoms with van der Waals surface area (Å²) >= 11 is 1.74. The largest absolute Gasteiger partial charge is 0.352 e. The molecule has 0 saturated carbocycles. The average Bonchev–Trinajstić information content (AvgIpc) is 3.27. The Balaban J connectivity index is 1.64. The summed E-state index contributed by atoms with van der Waals surface area (Å²) in [5.74, 6) is 0.759. The number of rotatable bonds is 6. The lowest BCUT2D eigenvalue weighted by Gasteiger charge is -2.11. The predicted molar refractivity (Wildman–Crippen MR) is 112 cm³/mol. The molecule has 0 amide bonds. The van der Waals surface area contributed by atoms with Gasteiger partial charge in [-0.25, -0.2) is 9.67 Å². The molecule has 0 spiro atoms. The molecule has 142 valence electrons. The maximum atomic E-state index is 4.70. The lowest BCUT2D eigenvalue weighted by Crippen LogP contribution is -2.36. The van der Waals surface area contributed by atoms with E-state index in [-0.39, 0.29) is 0 Å². The van der Waals surface area contributed by atoms with Gasteiger partial charge in [-0.2, -0.15) is 5.10 Å². The van der Waals surface area contributed by atoms with Gasteiger partial charge in [0.25, 0.3) is 0 Å². The SMILES string of the molecule is CCc1cnc(CNC(=NC)NCc2c(C)nn(-c3ccccc3)c2C)s1. The van der Waals surface area contributed by atoms with E-state index < -0.39 is 0 Å². The third-order valence-electron chi connectivity index (χ3n) is 4.46. The summed E-state index contributed by atoms with van der Waals surface area (Å²) in [6, 6.07) is 10.2. The van der Waals surface area contributed by atoms with Crippen molar-refractivity contribution in [3.63, 3.8) is 0 Å². The van der Waals surface area contributed by atoms with Gasteiger partial charge in [0.15, 0.2) is 5.96 Å². The zero-order valence-electron chi connectivity index (χ0n) is 16.3. The quantitative estimate of drug-likeness (QED) is 0.507. The fourth-order valence-corrected chi connectivity index (χ4v) is 3.70. The summed E-state index contributed by atoms with van der Waals surface area (Å²) in [4.78, 5) is 10.1. The number of nitrogens with one attached hydrogen (secondary N) is 2. The highest BCUT2D eigenvalue weighted by Crippen LogP contribution is 2.17. The van der Waals surface area contributed by atoms with Crippen LogP contribution in [0.3, 0.4) is 0 Å². The van der Waals surface area contributed by atoms with E-state index in [9.17, 15) is 0 Å². The Bertz CT molecular complexity index is 910. The van der Waals surface area contributed by atoms with Gasteiger partial charge in [0.05, 0.1) is 17.9 Å². The number of thiazole rings is 1. The van der Waals surface area contributed by atoms with Crippen molar-refractivity contribution in [1.29, 1.82) is 0 Å². The Morgan fingerprint density at radius 2 is 1.89 bits per heavy atom. The van der Waals surface area contributed by atoms with Crippen LogP contribution in [0.4, 0.5) is 0 Å². The minimum atomic E-state index is 0.669. The van der Waals surface area contributed by atoms with Gasteiger partial charge >= 0.3 is 0 Å². The smallest absolute Gasteiger partial charge is 0.191 e. The van der Waals surface area contributed by atoms with Crippen LogP contribution in [0.1, 0.15) is 33.8 Å². The minimum Gasteiger partial charge on any atom is -0.352 e. The van der Waals surface area contributed by atoms with Crippen LogP contribution in [0.25, 0.3) is 5.69 Å². The van der Waals surface area contributed by atoms with Gasteiger partial charge < -0.3 is 10.6 Å². The second kappa shape index (κ2) is 8.81. The van der Waals surface area contributed by atoms with E-state index in [2.05, 4.69) is 46.6 Å². The number of aromatic nitrogens is 3. The molecule has 0 unspecified atom stereocenters. The first-order chi connectivity index (χ1) is 13.1. The maximum absolute atomic E-state index is 4.70. The summed E-state index contributed by atoms with van der Waals surface area (Å²) in [5, 5.41) is 12.5. The highest BCUT2D eigenvalue weighted by Gasteiger charge is 2.13. The number of aryl methyl sites for hydroxylation is 2. The lowest BCUT2D eigenvalue weighted by atomic mass is 10.2. The summed E-state index contributed by atoms with van der Waals surface area (Å²) in [7, 11) is 1.78. The molecule has 0 bridgehead atoms. The molecule has 0 saturated heterocycles. The van der Waals surface area contributed by atoms with E-state index >= 15 is 0 Å². The van der Waals surface area contributed by atoms with E-state index in [1.54, 1.807) is 18.4 Å². The third kappa shape index (κ3) is 4.54. The summed E-state index contributed by atoms with van der Waals surface area (Å²) in [6.07, 6.45) is 2.97. The fraction of sp³-hybridized carbons (Fsp3) is 0.350. The minimum absolute atomic E-state index is 0.669. The van der Waals surface area contributed by atoms with Crippen LogP contribution in [0.15, 0.2) is 41.5 Å². The van der Waals surface area contributed by atoms with Crippen molar-refractivity contribution >= 4 is 17.3 Å². The Hall–Kier alpha value is -2.67. The van der Waals surface area contributed by atoms with Crippen molar-refractivity contribution in [2.45, 2.75) is 40.3 Å². The van der Waals surface area contributed by atoms with E-state index in [0.717, 1.165) is 34.5 Å². The molecule has 2 N–H and O–H groups in total. The maximum Gasteiger partial charge on any atom is 0.191 e. The topological polar surface area (TPSA) is 67.1 Å². The highest BCUT2D eigenvalue weighted by molar-refractivity contribution is 7.11. The molecule has 6 nitrogen and oxygen atoms in total. The van der Waals surface area contributed by atoms with Crippen LogP contribution in [-0.2, 0) is 19.5 Å². The Morgan fingerprint density at radius 3 is 2.56 bits per heavy atom. The molecule has 27 heavy (non-hydrogen) atoms. The summed E-state index contributed by atoms with van der Waals surface area (Å²) < 4.78 is 1.99. The molecule has 2 aromatic heterocycles. The Kier molecular flexibility index (Phi) is 6.24. The van der Waals surface area contributed by atoms with Gasteiger partial charge in [-0.1, -0.05) is 25.1 Å².